The molecule has 32 heavy (non-hydrogen) atoms. The number of nitrogens with one attached hydrogen (secondary N) is 1. The minimum absolute atomic E-state index is 0.0778. The fourth-order valence-corrected chi connectivity index (χ4v) is 3.71. The summed E-state index contributed by atoms with van der Waals surface area (Å²) >= 11 is 0. The average molecular weight is 441 g/mol. The third-order valence-electron chi connectivity index (χ3n) is 5.56. The van der Waals surface area contributed by atoms with Crippen LogP contribution in [-0.4, -0.2) is 86.1 Å². The molecule has 2 saturated heterocycles. The van der Waals surface area contributed by atoms with Crippen LogP contribution in [0.15, 0.2) is 42.6 Å². The molecule has 4 rings (SSSR count). The zero-order valence-corrected chi connectivity index (χ0v) is 18.0. The maximum absolute atomic E-state index is 12.5. The molecule has 10 heteroatoms. The quantitative estimate of drug-likeness (QED) is 0.707. The second-order valence-electron chi connectivity index (χ2n) is 7.65. The van der Waals surface area contributed by atoms with Crippen molar-refractivity contribution in [2.24, 2.45) is 0 Å². The molecular formula is C22H28N6O4. The first-order valence-corrected chi connectivity index (χ1v) is 10.8. The molecule has 0 saturated carbocycles. The summed E-state index contributed by atoms with van der Waals surface area (Å²) in [6.45, 7) is 5.64. The van der Waals surface area contributed by atoms with E-state index >= 15 is 0 Å². The SMILES string of the molecule is O=C(NCC(=O)N1CCN(c2cnnc(N3CCOCC3)c2)CC1)OCc1ccccc1. The number of hydrogen-bond donors (Lipinski definition) is 1. The molecule has 0 bridgehead atoms. The summed E-state index contributed by atoms with van der Waals surface area (Å²) < 4.78 is 10.5. The first kappa shape index (κ1) is 21.8. The van der Waals surface area contributed by atoms with Crippen molar-refractivity contribution >= 4 is 23.5 Å². The molecule has 0 unspecified atom stereocenters. The summed E-state index contributed by atoms with van der Waals surface area (Å²) in [5, 5.41) is 11.0. The van der Waals surface area contributed by atoms with Gasteiger partial charge in [0.05, 0.1) is 25.1 Å². The van der Waals surface area contributed by atoms with Crippen molar-refractivity contribution in [3.05, 3.63) is 48.2 Å². The molecule has 3 heterocycles. The van der Waals surface area contributed by atoms with Crippen LogP contribution in [0.3, 0.4) is 0 Å². The predicted molar refractivity (Wildman–Crippen MR) is 118 cm³/mol. The van der Waals surface area contributed by atoms with E-state index in [1.165, 1.54) is 0 Å². The molecule has 0 aliphatic carbocycles. The maximum atomic E-state index is 12.5. The first-order valence-electron chi connectivity index (χ1n) is 10.8. The molecule has 0 radical (unpaired) electrons. The number of hydrogen-bond acceptors (Lipinski definition) is 8. The number of carbonyl (C=O) groups is 2. The highest BCUT2D eigenvalue weighted by atomic mass is 16.5. The second kappa shape index (κ2) is 10.8. The number of carbonyl (C=O) groups excluding carboxylic acids is 2. The molecular weight excluding hydrogens is 412 g/mol. The molecule has 1 aromatic carbocycles. The standard InChI is InChI=1S/C22H28N6O4/c29-21(16-23-22(30)32-17-18-4-2-1-3-5-18)28-8-6-26(7-9-28)19-14-20(25-24-15-19)27-10-12-31-13-11-27/h1-5,14-15H,6-13,16-17H2,(H,23,30). The number of ether oxygens (including phenoxy) is 2. The van der Waals surface area contributed by atoms with Gasteiger partial charge in [0, 0.05) is 45.3 Å². The highest BCUT2D eigenvalue weighted by Gasteiger charge is 2.23. The van der Waals surface area contributed by atoms with Crippen molar-refractivity contribution in [1.82, 2.24) is 20.4 Å². The largest absolute Gasteiger partial charge is 0.445 e. The molecule has 0 atom stereocenters. The van der Waals surface area contributed by atoms with E-state index in [-0.39, 0.29) is 19.1 Å². The summed E-state index contributed by atoms with van der Waals surface area (Å²) in [6.07, 6.45) is 1.16. The van der Waals surface area contributed by atoms with E-state index in [0.717, 1.165) is 30.2 Å². The van der Waals surface area contributed by atoms with Gasteiger partial charge in [-0.2, -0.15) is 5.10 Å². The van der Waals surface area contributed by atoms with E-state index in [1.54, 1.807) is 11.1 Å². The number of benzene rings is 1. The van der Waals surface area contributed by atoms with Gasteiger partial charge in [0.2, 0.25) is 5.91 Å². The molecule has 2 aliphatic rings. The third kappa shape index (κ3) is 5.85. The maximum Gasteiger partial charge on any atom is 0.407 e. The number of alkyl carbamates (subject to hydrolysis) is 1. The van der Waals surface area contributed by atoms with Crippen LogP contribution < -0.4 is 15.1 Å². The topological polar surface area (TPSA) is 100 Å². The Morgan fingerprint density at radius 3 is 2.50 bits per heavy atom. The van der Waals surface area contributed by atoms with Gasteiger partial charge < -0.3 is 29.5 Å². The number of anilines is 2. The predicted octanol–water partition coefficient (Wildman–Crippen LogP) is 0.888. The first-order chi connectivity index (χ1) is 15.7. The molecule has 2 amide bonds. The van der Waals surface area contributed by atoms with E-state index in [0.29, 0.717) is 39.4 Å². The zero-order chi connectivity index (χ0) is 22.2. The fourth-order valence-electron chi connectivity index (χ4n) is 3.71. The summed E-state index contributed by atoms with van der Waals surface area (Å²) in [7, 11) is 0. The zero-order valence-electron chi connectivity index (χ0n) is 18.0. The van der Waals surface area contributed by atoms with Crippen LogP contribution in [0.2, 0.25) is 0 Å². The van der Waals surface area contributed by atoms with Gasteiger partial charge in [-0.15, -0.1) is 5.10 Å². The molecule has 170 valence electrons. The van der Waals surface area contributed by atoms with Crippen molar-refractivity contribution in [3.8, 4) is 0 Å². The van der Waals surface area contributed by atoms with Crippen LogP contribution in [0.5, 0.6) is 0 Å². The molecule has 1 aromatic heterocycles. The van der Waals surface area contributed by atoms with Gasteiger partial charge >= 0.3 is 6.09 Å². The number of amides is 2. The van der Waals surface area contributed by atoms with Crippen LogP contribution in [0.1, 0.15) is 5.56 Å². The second-order valence-corrected chi connectivity index (χ2v) is 7.65. The molecule has 10 nitrogen and oxygen atoms in total. The minimum Gasteiger partial charge on any atom is -0.445 e. The van der Waals surface area contributed by atoms with E-state index in [2.05, 4.69) is 25.3 Å². The minimum atomic E-state index is -0.598. The Kier molecular flexibility index (Phi) is 7.34. The van der Waals surface area contributed by atoms with Crippen molar-refractivity contribution < 1.29 is 19.1 Å². The lowest BCUT2D eigenvalue weighted by Gasteiger charge is -2.36. The number of aromatic nitrogens is 2. The number of rotatable bonds is 6. The highest BCUT2D eigenvalue weighted by Crippen LogP contribution is 2.21. The highest BCUT2D eigenvalue weighted by molar-refractivity contribution is 5.82. The van der Waals surface area contributed by atoms with Crippen LogP contribution in [0.25, 0.3) is 0 Å². The molecule has 2 aromatic rings. The monoisotopic (exact) mass is 440 g/mol. The van der Waals surface area contributed by atoms with Crippen LogP contribution in [0, 0.1) is 0 Å². The summed E-state index contributed by atoms with van der Waals surface area (Å²) in [4.78, 5) is 30.5. The Morgan fingerprint density at radius 2 is 1.75 bits per heavy atom. The van der Waals surface area contributed by atoms with Gasteiger partial charge in [-0.3, -0.25) is 4.79 Å². The van der Waals surface area contributed by atoms with E-state index in [1.807, 2.05) is 36.4 Å². The van der Waals surface area contributed by atoms with Crippen molar-refractivity contribution in [2.45, 2.75) is 6.61 Å². The Balaban J connectivity index is 1.20. The van der Waals surface area contributed by atoms with Crippen molar-refractivity contribution in [2.75, 3.05) is 68.8 Å². The normalized spacial score (nSPS) is 16.6. The molecule has 0 spiro atoms. The third-order valence-corrected chi connectivity index (χ3v) is 5.56. The van der Waals surface area contributed by atoms with Gasteiger partial charge in [-0.05, 0) is 5.56 Å². The van der Waals surface area contributed by atoms with Crippen LogP contribution in [-0.2, 0) is 20.9 Å². The van der Waals surface area contributed by atoms with Crippen molar-refractivity contribution in [3.63, 3.8) is 0 Å². The van der Waals surface area contributed by atoms with Crippen molar-refractivity contribution in [1.29, 1.82) is 0 Å². The number of morpholine rings is 1. The molecule has 2 fully saturated rings. The molecule has 1 N–H and O–H groups in total. The van der Waals surface area contributed by atoms with E-state index in [4.69, 9.17) is 9.47 Å². The van der Waals surface area contributed by atoms with Gasteiger partial charge in [-0.1, -0.05) is 30.3 Å². The van der Waals surface area contributed by atoms with Gasteiger partial charge in [0.15, 0.2) is 5.82 Å². The lowest BCUT2D eigenvalue weighted by Crippen LogP contribution is -2.51. The van der Waals surface area contributed by atoms with Gasteiger partial charge in [0.1, 0.15) is 13.2 Å². The fraction of sp³-hybridized carbons (Fsp3) is 0.455. The smallest absolute Gasteiger partial charge is 0.407 e. The van der Waals surface area contributed by atoms with Gasteiger partial charge in [-0.25, -0.2) is 4.79 Å². The molecule has 2 aliphatic heterocycles. The van der Waals surface area contributed by atoms with Crippen LogP contribution in [0.4, 0.5) is 16.3 Å². The lowest BCUT2D eigenvalue weighted by molar-refractivity contribution is -0.130. The summed E-state index contributed by atoms with van der Waals surface area (Å²) in [5.74, 6) is 0.727. The Morgan fingerprint density at radius 1 is 1.00 bits per heavy atom. The Hall–Kier alpha value is -3.40. The summed E-state index contributed by atoms with van der Waals surface area (Å²) in [6, 6.07) is 11.5. The number of piperazine rings is 1. The Bertz CT molecular complexity index is 898. The lowest BCUT2D eigenvalue weighted by atomic mass is 10.2. The Labute approximate surface area is 187 Å². The number of nitrogens with zero attached hydrogens (tertiary/aromatic N) is 5. The van der Waals surface area contributed by atoms with E-state index < -0.39 is 6.09 Å². The van der Waals surface area contributed by atoms with E-state index in [9.17, 15) is 9.59 Å². The van der Waals surface area contributed by atoms with Gasteiger partial charge in [0.25, 0.3) is 0 Å². The average Bonchev–Trinajstić information content (AvgIpc) is 2.87. The van der Waals surface area contributed by atoms with Crippen LogP contribution >= 0.6 is 0 Å². The summed E-state index contributed by atoms with van der Waals surface area (Å²) in [5.41, 5.74) is 1.89.